The fourth-order valence-corrected chi connectivity index (χ4v) is 3.53. The molecule has 2 N–H and O–H groups in total. The lowest BCUT2D eigenvalue weighted by atomic mass is 10.0. The van der Waals surface area contributed by atoms with Crippen LogP contribution in [0.15, 0.2) is 48.2 Å². The van der Waals surface area contributed by atoms with E-state index in [0.29, 0.717) is 41.7 Å². The number of carbonyl (C=O) groups is 3. The van der Waals surface area contributed by atoms with E-state index in [1.54, 1.807) is 42.5 Å². The Bertz CT molecular complexity index is 1090. The van der Waals surface area contributed by atoms with Crippen molar-refractivity contribution in [1.29, 1.82) is 0 Å². The Balaban J connectivity index is 1.69. The number of rotatable bonds is 7. The van der Waals surface area contributed by atoms with E-state index in [1.165, 1.54) is 14.0 Å². The maximum atomic E-state index is 13.2. The summed E-state index contributed by atoms with van der Waals surface area (Å²) < 4.78 is 16.2. The standard InChI is InChI=1S/C23H23N3O6/c1-14(27)24-16-5-3-15(4-6-16)20-21(23(29)26(22(20)28)9-10-30-2)25-17-7-8-18-19(13-17)32-12-11-31-18/h3-8,13,25H,9-12H2,1-2H3,(H,24,27). The summed E-state index contributed by atoms with van der Waals surface area (Å²) in [5.74, 6) is 0.134. The highest BCUT2D eigenvalue weighted by Crippen LogP contribution is 2.35. The Kier molecular flexibility index (Phi) is 6.09. The van der Waals surface area contributed by atoms with Gasteiger partial charge < -0.3 is 24.8 Å². The van der Waals surface area contributed by atoms with Crippen LogP contribution in [-0.4, -0.2) is 56.1 Å². The minimum Gasteiger partial charge on any atom is -0.486 e. The Morgan fingerprint density at radius 3 is 2.38 bits per heavy atom. The van der Waals surface area contributed by atoms with Crippen LogP contribution in [0.4, 0.5) is 11.4 Å². The maximum absolute atomic E-state index is 13.2. The number of anilines is 2. The van der Waals surface area contributed by atoms with Crippen molar-refractivity contribution in [2.24, 2.45) is 0 Å². The van der Waals surface area contributed by atoms with Gasteiger partial charge in [0.1, 0.15) is 18.9 Å². The zero-order valence-corrected chi connectivity index (χ0v) is 17.8. The van der Waals surface area contributed by atoms with E-state index in [-0.39, 0.29) is 30.3 Å². The molecule has 166 valence electrons. The van der Waals surface area contributed by atoms with Crippen molar-refractivity contribution in [3.05, 3.63) is 53.7 Å². The summed E-state index contributed by atoms with van der Waals surface area (Å²) in [5, 5.41) is 5.78. The van der Waals surface area contributed by atoms with E-state index >= 15 is 0 Å². The molecular formula is C23H23N3O6. The van der Waals surface area contributed by atoms with Crippen molar-refractivity contribution < 1.29 is 28.6 Å². The van der Waals surface area contributed by atoms with Crippen LogP contribution in [0.2, 0.25) is 0 Å². The summed E-state index contributed by atoms with van der Waals surface area (Å²) in [7, 11) is 1.51. The van der Waals surface area contributed by atoms with Crippen molar-refractivity contribution in [3.8, 4) is 11.5 Å². The summed E-state index contributed by atoms with van der Waals surface area (Å²) in [5.41, 5.74) is 2.14. The number of nitrogens with zero attached hydrogens (tertiary/aromatic N) is 1. The molecule has 4 rings (SSSR count). The molecule has 0 spiro atoms. The Hall–Kier alpha value is -3.85. The summed E-state index contributed by atoms with van der Waals surface area (Å²) in [4.78, 5) is 38.7. The fraction of sp³-hybridized carbons (Fsp3) is 0.261. The van der Waals surface area contributed by atoms with Crippen LogP contribution in [0.1, 0.15) is 12.5 Å². The van der Waals surface area contributed by atoms with Gasteiger partial charge in [0.25, 0.3) is 11.8 Å². The molecule has 2 aliphatic heterocycles. The molecule has 2 heterocycles. The zero-order valence-electron chi connectivity index (χ0n) is 17.8. The Morgan fingerprint density at radius 2 is 1.69 bits per heavy atom. The van der Waals surface area contributed by atoms with Crippen LogP contribution < -0.4 is 20.1 Å². The molecule has 0 aromatic heterocycles. The van der Waals surface area contributed by atoms with Crippen LogP contribution in [0.5, 0.6) is 11.5 Å². The molecule has 0 saturated carbocycles. The van der Waals surface area contributed by atoms with Gasteiger partial charge in [0, 0.05) is 31.5 Å². The van der Waals surface area contributed by atoms with Gasteiger partial charge in [-0.25, -0.2) is 0 Å². The molecule has 3 amide bonds. The van der Waals surface area contributed by atoms with Gasteiger partial charge in [-0.2, -0.15) is 0 Å². The number of hydrogen-bond donors (Lipinski definition) is 2. The highest BCUT2D eigenvalue weighted by molar-refractivity contribution is 6.36. The molecule has 0 atom stereocenters. The Labute approximate surface area is 184 Å². The largest absolute Gasteiger partial charge is 0.486 e. The lowest BCUT2D eigenvalue weighted by Gasteiger charge is -2.19. The predicted molar refractivity (Wildman–Crippen MR) is 117 cm³/mol. The SMILES string of the molecule is COCCN1C(=O)C(Nc2ccc3c(c2)OCCO3)=C(c2ccc(NC(C)=O)cc2)C1=O. The predicted octanol–water partition coefficient (Wildman–Crippen LogP) is 2.25. The molecule has 32 heavy (non-hydrogen) atoms. The molecule has 9 nitrogen and oxygen atoms in total. The molecule has 2 aliphatic rings. The van der Waals surface area contributed by atoms with Gasteiger partial charge in [-0.1, -0.05) is 12.1 Å². The fourth-order valence-electron chi connectivity index (χ4n) is 3.53. The van der Waals surface area contributed by atoms with E-state index in [9.17, 15) is 14.4 Å². The van der Waals surface area contributed by atoms with Crippen LogP contribution in [-0.2, 0) is 19.1 Å². The number of hydrogen-bond acceptors (Lipinski definition) is 7. The van der Waals surface area contributed by atoms with Crippen molar-refractivity contribution in [1.82, 2.24) is 4.90 Å². The quantitative estimate of drug-likeness (QED) is 0.640. The Morgan fingerprint density at radius 1 is 1.00 bits per heavy atom. The number of ether oxygens (including phenoxy) is 3. The van der Waals surface area contributed by atoms with E-state index in [1.807, 2.05) is 0 Å². The molecular weight excluding hydrogens is 414 g/mol. The van der Waals surface area contributed by atoms with Gasteiger partial charge in [-0.05, 0) is 29.8 Å². The number of carbonyl (C=O) groups excluding carboxylic acids is 3. The first kappa shape index (κ1) is 21.4. The molecule has 0 saturated heterocycles. The number of imide groups is 1. The van der Waals surface area contributed by atoms with Crippen molar-refractivity contribution in [2.45, 2.75) is 6.92 Å². The van der Waals surface area contributed by atoms with E-state index in [0.717, 1.165) is 4.90 Å². The maximum Gasteiger partial charge on any atom is 0.278 e. The minimum absolute atomic E-state index is 0.133. The summed E-state index contributed by atoms with van der Waals surface area (Å²) >= 11 is 0. The number of benzene rings is 2. The first-order chi connectivity index (χ1) is 15.5. The van der Waals surface area contributed by atoms with Gasteiger partial charge in [0.2, 0.25) is 5.91 Å². The second kappa shape index (κ2) is 9.11. The molecule has 9 heteroatoms. The number of nitrogens with one attached hydrogen (secondary N) is 2. The van der Waals surface area contributed by atoms with Gasteiger partial charge in [0.15, 0.2) is 11.5 Å². The van der Waals surface area contributed by atoms with Crippen molar-refractivity contribution >= 4 is 34.7 Å². The second-order valence-electron chi connectivity index (χ2n) is 7.25. The van der Waals surface area contributed by atoms with Crippen LogP contribution in [0.25, 0.3) is 5.57 Å². The lowest BCUT2D eigenvalue weighted by Crippen LogP contribution is -2.35. The molecule has 0 bridgehead atoms. The molecule has 0 unspecified atom stereocenters. The normalized spacial score (nSPS) is 15.2. The van der Waals surface area contributed by atoms with Gasteiger partial charge in [0.05, 0.1) is 18.7 Å². The van der Waals surface area contributed by atoms with Gasteiger partial charge >= 0.3 is 0 Å². The first-order valence-corrected chi connectivity index (χ1v) is 10.1. The molecule has 0 aliphatic carbocycles. The van der Waals surface area contributed by atoms with Crippen LogP contribution in [0.3, 0.4) is 0 Å². The highest BCUT2D eigenvalue weighted by atomic mass is 16.6. The van der Waals surface area contributed by atoms with E-state index in [2.05, 4.69) is 10.6 Å². The third-order valence-electron chi connectivity index (χ3n) is 4.99. The number of fused-ring (bicyclic) bond motifs is 1. The van der Waals surface area contributed by atoms with E-state index < -0.39 is 11.8 Å². The minimum atomic E-state index is -0.442. The number of methoxy groups -OCH3 is 1. The van der Waals surface area contributed by atoms with E-state index in [4.69, 9.17) is 14.2 Å². The summed E-state index contributed by atoms with van der Waals surface area (Å²) in [6, 6.07) is 12.0. The zero-order chi connectivity index (χ0) is 22.7. The topological polar surface area (TPSA) is 106 Å². The summed E-state index contributed by atoms with van der Waals surface area (Å²) in [6.45, 7) is 2.69. The molecule has 0 radical (unpaired) electrons. The second-order valence-corrected chi connectivity index (χ2v) is 7.25. The van der Waals surface area contributed by atoms with Gasteiger partial charge in [-0.15, -0.1) is 0 Å². The molecule has 2 aromatic rings. The van der Waals surface area contributed by atoms with Crippen molar-refractivity contribution in [3.63, 3.8) is 0 Å². The smallest absolute Gasteiger partial charge is 0.278 e. The molecule has 0 fully saturated rings. The third-order valence-corrected chi connectivity index (χ3v) is 4.99. The third kappa shape index (κ3) is 4.28. The summed E-state index contributed by atoms with van der Waals surface area (Å²) in [6.07, 6.45) is 0. The van der Waals surface area contributed by atoms with Crippen LogP contribution in [0, 0.1) is 0 Å². The first-order valence-electron chi connectivity index (χ1n) is 10.1. The van der Waals surface area contributed by atoms with Gasteiger partial charge in [-0.3, -0.25) is 19.3 Å². The average Bonchev–Trinajstić information content (AvgIpc) is 3.01. The van der Waals surface area contributed by atoms with Crippen molar-refractivity contribution in [2.75, 3.05) is 44.1 Å². The monoisotopic (exact) mass is 437 g/mol. The average molecular weight is 437 g/mol. The lowest BCUT2D eigenvalue weighted by molar-refractivity contribution is -0.137. The number of amides is 3. The molecule has 2 aromatic carbocycles. The van der Waals surface area contributed by atoms with Crippen LogP contribution >= 0.6 is 0 Å². The highest BCUT2D eigenvalue weighted by Gasteiger charge is 2.39.